The van der Waals surface area contributed by atoms with E-state index in [1.54, 1.807) is 6.26 Å². The number of rotatable bonds is 4. The van der Waals surface area contributed by atoms with Gasteiger partial charge >= 0.3 is 0 Å². The third kappa shape index (κ3) is 2.47. The summed E-state index contributed by atoms with van der Waals surface area (Å²) in [6, 6.07) is 2.06. The van der Waals surface area contributed by atoms with Gasteiger partial charge in [-0.2, -0.15) is 0 Å². The molecule has 0 radical (unpaired) electrons. The molecule has 16 heavy (non-hydrogen) atoms. The summed E-state index contributed by atoms with van der Waals surface area (Å²) in [5.41, 5.74) is 1.29. The van der Waals surface area contributed by atoms with Crippen LogP contribution < -0.4 is 5.32 Å². The van der Waals surface area contributed by atoms with Gasteiger partial charge in [0, 0.05) is 25.2 Å². The van der Waals surface area contributed by atoms with Gasteiger partial charge in [-0.15, -0.1) is 0 Å². The highest BCUT2D eigenvalue weighted by molar-refractivity contribution is 5.16. The minimum atomic E-state index is 0.808. The van der Waals surface area contributed by atoms with Crippen molar-refractivity contribution in [3.05, 3.63) is 23.7 Å². The lowest BCUT2D eigenvalue weighted by molar-refractivity contribution is 0.284. The van der Waals surface area contributed by atoms with Crippen LogP contribution in [0.15, 0.2) is 16.7 Å². The minimum Gasteiger partial charge on any atom is -0.468 e. The molecule has 1 saturated heterocycles. The lowest BCUT2D eigenvalue weighted by Gasteiger charge is -2.14. The van der Waals surface area contributed by atoms with Gasteiger partial charge in [-0.25, -0.2) is 0 Å². The van der Waals surface area contributed by atoms with Crippen LogP contribution in [0.1, 0.15) is 25.2 Å². The maximum atomic E-state index is 5.57. The molecular formula is C13H22N2O. The van der Waals surface area contributed by atoms with E-state index in [0.717, 1.165) is 30.7 Å². The Labute approximate surface area is 97.8 Å². The highest BCUT2D eigenvalue weighted by atomic mass is 16.3. The summed E-state index contributed by atoms with van der Waals surface area (Å²) in [7, 11) is 1.97. The summed E-state index contributed by atoms with van der Waals surface area (Å²) < 4.78 is 5.57. The molecule has 2 heterocycles. The molecule has 0 amide bonds. The molecule has 2 rings (SSSR count). The van der Waals surface area contributed by atoms with Crippen molar-refractivity contribution >= 4 is 0 Å². The maximum Gasteiger partial charge on any atom is 0.122 e. The number of likely N-dealkylation sites (tertiary alicyclic amines) is 1. The molecule has 1 aliphatic rings. The molecule has 3 nitrogen and oxygen atoms in total. The zero-order chi connectivity index (χ0) is 11.5. The Morgan fingerprint density at radius 2 is 2.06 bits per heavy atom. The molecule has 0 saturated carbocycles. The smallest absolute Gasteiger partial charge is 0.122 e. The SMILES string of the molecule is CNCc1ccoc1CN1CC(C)C(C)C1. The van der Waals surface area contributed by atoms with E-state index in [2.05, 4.69) is 30.1 Å². The Hall–Kier alpha value is -0.800. The molecule has 0 aliphatic carbocycles. The Kier molecular flexibility index (Phi) is 3.66. The maximum absolute atomic E-state index is 5.57. The van der Waals surface area contributed by atoms with Crippen molar-refractivity contribution in [2.24, 2.45) is 11.8 Å². The van der Waals surface area contributed by atoms with E-state index in [0.29, 0.717) is 0 Å². The summed E-state index contributed by atoms with van der Waals surface area (Å²) in [4.78, 5) is 2.49. The van der Waals surface area contributed by atoms with Gasteiger partial charge in [0.25, 0.3) is 0 Å². The zero-order valence-corrected chi connectivity index (χ0v) is 10.5. The van der Waals surface area contributed by atoms with E-state index >= 15 is 0 Å². The van der Waals surface area contributed by atoms with Crippen molar-refractivity contribution in [3.63, 3.8) is 0 Å². The van der Waals surface area contributed by atoms with Crippen molar-refractivity contribution in [3.8, 4) is 0 Å². The van der Waals surface area contributed by atoms with E-state index in [9.17, 15) is 0 Å². The number of hydrogen-bond donors (Lipinski definition) is 1. The van der Waals surface area contributed by atoms with Crippen molar-refractivity contribution in [2.75, 3.05) is 20.1 Å². The van der Waals surface area contributed by atoms with Gasteiger partial charge in [-0.1, -0.05) is 13.8 Å². The summed E-state index contributed by atoms with van der Waals surface area (Å²) in [5, 5.41) is 3.17. The second kappa shape index (κ2) is 5.02. The highest BCUT2D eigenvalue weighted by Crippen LogP contribution is 2.24. The summed E-state index contributed by atoms with van der Waals surface area (Å²) in [5.74, 6) is 2.74. The number of furan rings is 1. The normalized spacial score (nSPS) is 26.4. The number of nitrogens with zero attached hydrogens (tertiary/aromatic N) is 1. The van der Waals surface area contributed by atoms with E-state index in [-0.39, 0.29) is 0 Å². The fourth-order valence-corrected chi connectivity index (χ4v) is 2.43. The lowest BCUT2D eigenvalue weighted by atomic mass is 10.0. The molecule has 0 spiro atoms. The van der Waals surface area contributed by atoms with Crippen LogP contribution in [0.4, 0.5) is 0 Å². The van der Waals surface area contributed by atoms with Crippen LogP contribution in [0.5, 0.6) is 0 Å². The zero-order valence-electron chi connectivity index (χ0n) is 10.5. The third-order valence-electron chi connectivity index (χ3n) is 3.64. The molecule has 1 aliphatic heterocycles. The lowest BCUT2D eigenvalue weighted by Crippen LogP contribution is -2.21. The minimum absolute atomic E-state index is 0.808. The third-order valence-corrected chi connectivity index (χ3v) is 3.64. The molecule has 1 N–H and O–H groups in total. The molecule has 0 aromatic carbocycles. The van der Waals surface area contributed by atoms with Gasteiger partial charge in [-0.05, 0) is 24.9 Å². The van der Waals surface area contributed by atoms with E-state index in [1.807, 2.05) is 7.05 Å². The summed E-state index contributed by atoms with van der Waals surface area (Å²) in [6.07, 6.45) is 1.80. The highest BCUT2D eigenvalue weighted by Gasteiger charge is 2.26. The second-order valence-corrected chi connectivity index (χ2v) is 5.05. The largest absolute Gasteiger partial charge is 0.468 e. The molecule has 0 bridgehead atoms. The first-order valence-electron chi connectivity index (χ1n) is 6.13. The first-order valence-corrected chi connectivity index (χ1v) is 6.13. The quantitative estimate of drug-likeness (QED) is 0.845. The van der Waals surface area contributed by atoms with Crippen LogP contribution in [-0.4, -0.2) is 25.0 Å². The summed E-state index contributed by atoms with van der Waals surface area (Å²) >= 11 is 0. The first-order chi connectivity index (χ1) is 7.70. The molecular weight excluding hydrogens is 200 g/mol. The van der Waals surface area contributed by atoms with E-state index in [4.69, 9.17) is 4.42 Å². The van der Waals surface area contributed by atoms with Gasteiger partial charge in [-0.3, -0.25) is 4.90 Å². The van der Waals surface area contributed by atoms with Crippen molar-refractivity contribution in [2.45, 2.75) is 26.9 Å². The Balaban J connectivity index is 1.96. The van der Waals surface area contributed by atoms with Crippen molar-refractivity contribution in [1.82, 2.24) is 10.2 Å². The van der Waals surface area contributed by atoms with Crippen LogP contribution in [0.3, 0.4) is 0 Å². The van der Waals surface area contributed by atoms with Crippen molar-refractivity contribution < 1.29 is 4.42 Å². The molecule has 1 fully saturated rings. The molecule has 2 unspecified atom stereocenters. The number of hydrogen-bond acceptors (Lipinski definition) is 3. The Bertz CT molecular complexity index is 324. The van der Waals surface area contributed by atoms with E-state index < -0.39 is 0 Å². The van der Waals surface area contributed by atoms with Gasteiger partial charge in [0.1, 0.15) is 5.76 Å². The first kappa shape index (κ1) is 11.7. The molecule has 3 heteroatoms. The van der Waals surface area contributed by atoms with Gasteiger partial charge in [0.05, 0.1) is 12.8 Å². The average molecular weight is 222 g/mol. The van der Waals surface area contributed by atoms with Crippen LogP contribution in [0.25, 0.3) is 0 Å². The number of nitrogens with one attached hydrogen (secondary N) is 1. The monoisotopic (exact) mass is 222 g/mol. The Morgan fingerprint density at radius 1 is 1.38 bits per heavy atom. The summed E-state index contributed by atoms with van der Waals surface area (Å²) in [6.45, 7) is 8.91. The predicted molar refractivity (Wildman–Crippen MR) is 65.1 cm³/mol. The molecule has 90 valence electrons. The molecule has 1 aromatic rings. The predicted octanol–water partition coefficient (Wildman–Crippen LogP) is 2.09. The van der Waals surface area contributed by atoms with Gasteiger partial charge < -0.3 is 9.73 Å². The van der Waals surface area contributed by atoms with Crippen LogP contribution >= 0.6 is 0 Å². The van der Waals surface area contributed by atoms with E-state index in [1.165, 1.54) is 18.7 Å². The standard InChI is InChI=1S/C13H22N2O/c1-10-7-15(8-11(10)2)9-13-12(6-14-3)4-5-16-13/h4-5,10-11,14H,6-9H2,1-3H3. The second-order valence-electron chi connectivity index (χ2n) is 5.05. The average Bonchev–Trinajstić information content (AvgIpc) is 2.77. The fourth-order valence-electron chi connectivity index (χ4n) is 2.43. The van der Waals surface area contributed by atoms with Crippen LogP contribution in [-0.2, 0) is 13.1 Å². The topological polar surface area (TPSA) is 28.4 Å². The Morgan fingerprint density at radius 3 is 2.69 bits per heavy atom. The fraction of sp³-hybridized carbons (Fsp3) is 0.692. The van der Waals surface area contributed by atoms with Crippen LogP contribution in [0, 0.1) is 11.8 Å². The van der Waals surface area contributed by atoms with Gasteiger partial charge in [0.2, 0.25) is 0 Å². The molecule has 2 atom stereocenters. The van der Waals surface area contributed by atoms with Gasteiger partial charge in [0.15, 0.2) is 0 Å². The molecule has 1 aromatic heterocycles. The van der Waals surface area contributed by atoms with Crippen molar-refractivity contribution in [1.29, 1.82) is 0 Å². The van der Waals surface area contributed by atoms with Crippen LogP contribution in [0.2, 0.25) is 0 Å².